The molecule has 3 nitrogen and oxygen atoms in total. The number of nitrogens with two attached hydrogens (primary N) is 1. The first-order valence-electron chi connectivity index (χ1n) is 5.58. The van der Waals surface area contributed by atoms with Gasteiger partial charge in [0.05, 0.1) is 11.6 Å². The molecular formula is C12H15F3N2O. The van der Waals surface area contributed by atoms with Crippen LogP contribution in [0.2, 0.25) is 0 Å². The van der Waals surface area contributed by atoms with E-state index in [4.69, 9.17) is 5.73 Å². The van der Waals surface area contributed by atoms with Crippen LogP contribution >= 0.6 is 0 Å². The van der Waals surface area contributed by atoms with E-state index < -0.39 is 23.7 Å². The highest BCUT2D eigenvalue weighted by atomic mass is 19.4. The number of anilines is 1. The second-order valence-corrected chi connectivity index (χ2v) is 3.96. The zero-order valence-corrected chi connectivity index (χ0v) is 9.92. The highest BCUT2D eigenvalue weighted by Crippen LogP contribution is 2.30. The number of carbonyl (C=O) groups excluding carboxylic acids is 1. The normalized spacial score (nSPS) is 13.2. The van der Waals surface area contributed by atoms with Crippen molar-refractivity contribution in [3.8, 4) is 0 Å². The van der Waals surface area contributed by atoms with E-state index in [0.29, 0.717) is 6.42 Å². The Labute approximate surface area is 103 Å². The molecule has 1 rings (SSSR count). The lowest BCUT2D eigenvalue weighted by Crippen LogP contribution is -2.35. The van der Waals surface area contributed by atoms with Crippen LogP contribution in [0.25, 0.3) is 0 Å². The molecule has 0 heterocycles. The topological polar surface area (TPSA) is 55.1 Å². The van der Waals surface area contributed by atoms with Gasteiger partial charge in [-0.05, 0) is 24.6 Å². The summed E-state index contributed by atoms with van der Waals surface area (Å²) < 4.78 is 37.3. The minimum Gasteiger partial charge on any atom is -0.325 e. The number of alkyl halides is 3. The van der Waals surface area contributed by atoms with Gasteiger partial charge in [-0.3, -0.25) is 4.79 Å². The predicted molar refractivity (Wildman–Crippen MR) is 63.0 cm³/mol. The summed E-state index contributed by atoms with van der Waals surface area (Å²) >= 11 is 0. The van der Waals surface area contributed by atoms with Gasteiger partial charge in [-0.25, -0.2) is 0 Å². The van der Waals surface area contributed by atoms with Crippen molar-refractivity contribution in [2.75, 3.05) is 5.32 Å². The molecule has 6 heteroatoms. The minimum atomic E-state index is -4.42. The van der Waals surface area contributed by atoms with Gasteiger partial charge < -0.3 is 11.1 Å². The molecular weight excluding hydrogens is 245 g/mol. The highest BCUT2D eigenvalue weighted by molar-refractivity contribution is 5.94. The quantitative estimate of drug-likeness (QED) is 0.874. The summed E-state index contributed by atoms with van der Waals surface area (Å²) in [6, 6.07) is 3.76. The van der Waals surface area contributed by atoms with Crippen LogP contribution in [0.5, 0.6) is 0 Å². The summed E-state index contributed by atoms with van der Waals surface area (Å²) in [6.07, 6.45) is -3.20. The number of halogens is 3. The average Bonchev–Trinajstić information content (AvgIpc) is 2.28. The summed E-state index contributed by atoms with van der Waals surface area (Å²) in [5, 5.41) is 2.38. The fourth-order valence-electron chi connectivity index (χ4n) is 1.45. The van der Waals surface area contributed by atoms with Crippen molar-refractivity contribution in [3.05, 3.63) is 29.8 Å². The zero-order valence-electron chi connectivity index (χ0n) is 9.92. The number of hydrogen-bond donors (Lipinski definition) is 2. The van der Waals surface area contributed by atoms with E-state index in [1.807, 2.05) is 6.92 Å². The SMILES string of the molecule is CCC[C@@H](N)C(=O)Nc1cccc(C(F)(F)F)c1. The maximum absolute atomic E-state index is 12.4. The maximum Gasteiger partial charge on any atom is 0.416 e. The first kappa shape index (κ1) is 14.5. The summed E-state index contributed by atoms with van der Waals surface area (Å²) in [7, 11) is 0. The van der Waals surface area contributed by atoms with Crippen molar-refractivity contribution in [2.45, 2.75) is 32.0 Å². The van der Waals surface area contributed by atoms with E-state index in [0.717, 1.165) is 18.6 Å². The molecule has 0 aliphatic heterocycles. The van der Waals surface area contributed by atoms with Crippen molar-refractivity contribution in [2.24, 2.45) is 5.73 Å². The van der Waals surface area contributed by atoms with Crippen LogP contribution in [-0.4, -0.2) is 11.9 Å². The molecule has 1 atom stereocenters. The van der Waals surface area contributed by atoms with Gasteiger partial charge in [0.25, 0.3) is 0 Å². The first-order chi connectivity index (χ1) is 8.34. The Morgan fingerprint density at radius 3 is 2.67 bits per heavy atom. The van der Waals surface area contributed by atoms with Gasteiger partial charge in [0, 0.05) is 5.69 Å². The van der Waals surface area contributed by atoms with E-state index in [-0.39, 0.29) is 5.69 Å². The molecule has 1 aromatic carbocycles. The molecule has 3 N–H and O–H groups in total. The number of carbonyl (C=O) groups is 1. The van der Waals surface area contributed by atoms with Gasteiger partial charge in [0.2, 0.25) is 5.91 Å². The van der Waals surface area contributed by atoms with E-state index in [1.54, 1.807) is 0 Å². The van der Waals surface area contributed by atoms with Crippen LogP contribution in [0.1, 0.15) is 25.3 Å². The molecule has 1 amide bonds. The molecule has 0 radical (unpaired) electrons. The lowest BCUT2D eigenvalue weighted by Gasteiger charge is -2.13. The molecule has 0 unspecified atom stereocenters. The van der Waals surface area contributed by atoms with E-state index in [2.05, 4.69) is 5.32 Å². The molecule has 100 valence electrons. The lowest BCUT2D eigenvalue weighted by molar-refractivity contribution is -0.137. The van der Waals surface area contributed by atoms with Crippen LogP contribution < -0.4 is 11.1 Å². The molecule has 0 spiro atoms. The third-order valence-corrected chi connectivity index (χ3v) is 2.39. The fraction of sp³-hybridized carbons (Fsp3) is 0.417. The first-order valence-corrected chi connectivity index (χ1v) is 5.58. The Morgan fingerprint density at radius 1 is 1.44 bits per heavy atom. The van der Waals surface area contributed by atoms with E-state index >= 15 is 0 Å². The van der Waals surface area contributed by atoms with Crippen LogP contribution in [0.3, 0.4) is 0 Å². The summed E-state index contributed by atoms with van der Waals surface area (Å²) in [5.74, 6) is -0.476. The van der Waals surface area contributed by atoms with Crippen molar-refractivity contribution in [1.29, 1.82) is 0 Å². The van der Waals surface area contributed by atoms with Gasteiger partial charge in [-0.2, -0.15) is 13.2 Å². The number of rotatable bonds is 4. The van der Waals surface area contributed by atoms with Crippen LogP contribution in [0, 0.1) is 0 Å². The van der Waals surface area contributed by atoms with Gasteiger partial charge in [-0.1, -0.05) is 19.4 Å². The third kappa shape index (κ3) is 4.03. The lowest BCUT2D eigenvalue weighted by atomic mass is 10.1. The van der Waals surface area contributed by atoms with Crippen LogP contribution in [0.4, 0.5) is 18.9 Å². The Hall–Kier alpha value is -1.56. The highest BCUT2D eigenvalue weighted by Gasteiger charge is 2.30. The smallest absolute Gasteiger partial charge is 0.325 e. The van der Waals surface area contributed by atoms with Crippen molar-refractivity contribution >= 4 is 11.6 Å². The minimum absolute atomic E-state index is 0.0985. The zero-order chi connectivity index (χ0) is 13.8. The number of hydrogen-bond acceptors (Lipinski definition) is 2. The Bertz CT molecular complexity index is 418. The van der Waals surface area contributed by atoms with Gasteiger partial charge in [-0.15, -0.1) is 0 Å². The van der Waals surface area contributed by atoms with Crippen LogP contribution in [-0.2, 0) is 11.0 Å². The van der Waals surface area contributed by atoms with Gasteiger partial charge in [0.1, 0.15) is 0 Å². The fourth-order valence-corrected chi connectivity index (χ4v) is 1.45. The standard InChI is InChI=1S/C12H15F3N2O/c1-2-4-10(16)11(18)17-9-6-3-5-8(7-9)12(13,14)15/h3,5-7,10H,2,4,16H2,1H3,(H,17,18)/t10-/m1/s1. The largest absolute Gasteiger partial charge is 0.416 e. The molecule has 0 bridgehead atoms. The van der Waals surface area contributed by atoms with Gasteiger partial charge in [0.15, 0.2) is 0 Å². The Morgan fingerprint density at radius 2 is 2.11 bits per heavy atom. The molecule has 0 fully saturated rings. The maximum atomic E-state index is 12.4. The van der Waals surface area contributed by atoms with Crippen molar-refractivity contribution in [1.82, 2.24) is 0 Å². The Kier molecular flexibility index (Phi) is 4.72. The van der Waals surface area contributed by atoms with E-state index in [1.165, 1.54) is 12.1 Å². The van der Waals surface area contributed by atoms with E-state index in [9.17, 15) is 18.0 Å². The molecule has 0 saturated carbocycles. The molecule has 0 aliphatic rings. The second kappa shape index (κ2) is 5.86. The molecule has 0 aromatic heterocycles. The van der Waals surface area contributed by atoms with Gasteiger partial charge >= 0.3 is 6.18 Å². The number of nitrogens with one attached hydrogen (secondary N) is 1. The second-order valence-electron chi connectivity index (χ2n) is 3.96. The molecule has 0 saturated heterocycles. The predicted octanol–water partition coefficient (Wildman–Crippen LogP) is 2.77. The third-order valence-electron chi connectivity index (χ3n) is 2.39. The van der Waals surface area contributed by atoms with Crippen LogP contribution in [0.15, 0.2) is 24.3 Å². The monoisotopic (exact) mass is 260 g/mol. The Balaban J connectivity index is 2.77. The summed E-state index contributed by atoms with van der Waals surface area (Å²) in [5.41, 5.74) is 4.86. The number of benzene rings is 1. The van der Waals surface area contributed by atoms with Crippen molar-refractivity contribution in [3.63, 3.8) is 0 Å². The summed E-state index contributed by atoms with van der Waals surface area (Å²) in [6.45, 7) is 1.87. The summed E-state index contributed by atoms with van der Waals surface area (Å²) in [4.78, 5) is 11.5. The molecule has 1 aromatic rings. The molecule has 18 heavy (non-hydrogen) atoms. The van der Waals surface area contributed by atoms with Crippen molar-refractivity contribution < 1.29 is 18.0 Å². The average molecular weight is 260 g/mol. The molecule has 0 aliphatic carbocycles. The number of amides is 1.